The van der Waals surface area contributed by atoms with Gasteiger partial charge >= 0.3 is 12.1 Å². The lowest BCUT2D eigenvalue weighted by molar-refractivity contribution is -0.138. The summed E-state index contributed by atoms with van der Waals surface area (Å²) in [5.41, 5.74) is 0.813. The lowest BCUT2D eigenvalue weighted by Crippen LogP contribution is -2.28. The van der Waals surface area contributed by atoms with Crippen LogP contribution in [0.15, 0.2) is 71.6 Å². The van der Waals surface area contributed by atoms with Crippen LogP contribution >= 0.6 is 0 Å². The third-order valence-electron chi connectivity index (χ3n) is 5.96. The van der Waals surface area contributed by atoms with E-state index in [0.717, 1.165) is 24.0 Å². The number of aliphatic carboxylic acids is 1. The summed E-state index contributed by atoms with van der Waals surface area (Å²) < 4.78 is 82.7. The minimum atomic E-state index is -4.45. The summed E-state index contributed by atoms with van der Waals surface area (Å²) in [5, 5.41) is 9.04. The number of benzene rings is 3. The number of sulfone groups is 1. The molecule has 0 aliphatic carbocycles. The number of carboxylic acid groups (broad SMARTS) is 1. The van der Waals surface area contributed by atoms with Crippen molar-refractivity contribution < 1.29 is 40.6 Å². The molecule has 39 heavy (non-hydrogen) atoms. The fraction of sp³-hybridized carbons (Fsp3) is 0.321. The van der Waals surface area contributed by atoms with Crippen molar-refractivity contribution in [2.45, 2.75) is 36.9 Å². The van der Waals surface area contributed by atoms with E-state index >= 15 is 0 Å². The monoisotopic (exact) mass is 567 g/mol. The number of nitrogens with zero attached hydrogens (tertiary/aromatic N) is 1. The Morgan fingerprint density at radius 3 is 2.33 bits per heavy atom. The molecule has 3 aromatic carbocycles. The van der Waals surface area contributed by atoms with Gasteiger partial charge in [-0.15, -0.1) is 0 Å². The molecule has 0 aromatic heterocycles. The SMILES string of the molecule is CS(=O)(=O)c1cc(OCCCN(CCc2ccc(F)cc2)Cc2cccc(C(F)(F)F)c2)ccc1CC(=O)O. The van der Waals surface area contributed by atoms with E-state index in [-0.39, 0.29) is 35.2 Å². The molecule has 0 saturated heterocycles. The van der Waals surface area contributed by atoms with Crippen molar-refractivity contribution in [3.05, 3.63) is 94.8 Å². The normalized spacial score (nSPS) is 12.1. The molecule has 3 aromatic rings. The summed E-state index contributed by atoms with van der Waals surface area (Å²) in [6, 6.07) is 15.4. The van der Waals surface area contributed by atoms with E-state index in [0.29, 0.717) is 31.5 Å². The Hall–Kier alpha value is -3.44. The smallest absolute Gasteiger partial charge is 0.416 e. The van der Waals surface area contributed by atoms with Crippen molar-refractivity contribution in [2.24, 2.45) is 0 Å². The van der Waals surface area contributed by atoms with Gasteiger partial charge in [0.2, 0.25) is 0 Å². The Kier molecular flexibility index (Phi) is 10.1. The average Bonchev–Trinajstić information content (AvgIpc) is 2.85. The second-order valence-corrected chi connectivity index (χ2v) is 11.1. The van der Waals surface area contributed by atoms with Gasteiger partial charge in [0, 0.05) is 25.9 Å². The third kappa shape index (κ3) is 9.67. The summed E-state index contributed by atoms with van der Waals surface area (Å²) in [5.74, 6) is -1.25. The standard InChI is InChI=1S/C28H29F4NO5S/c1-39(36,37)26-18-25(11-8-22(26)17-27(34)35)38-15-3-13-33(14-12-20-6-9-24(29)10-7-20)19-21-4-2-5-23(16-21)28(30,31)32/h2,4-11,16,18H,3,12-15,17,19H2,1H3,(H,34,35). The maximum atomic E-state index is 13.2. The van der Waals surface area contributed by atoms with Crippen LogP contribution < -0.4 is 4.74 Å². The fourth-order valence-corrected chi connectivity index (χ4v) is 5.02. The molecular formula is C28H29F4NO5S. The maximum Gasteiger partial charge on any atom is 0.416 e. The molecule has 0 spiro atoms. The molecule has 0 aliphatic rings. The van der Waals surface area contributed by atoms with E-state index in [1.807, 2.05) is 4.90 Å². The van der Waals surface area contributed by atoms with E-state index in [1.165, 1.54) is 36.4 Å². The molecule has 0 unspecified atom stereocenters. The number of carbonyl (C=O) groups is 1. The van der Waals surface area contributed by atoms with Gasteiger partial charge in [0.1, 0.15) is 11.6 Å². The van der Waals surface area contributed by atoms with Crippen LogP contribution in [0, 0.1) is 5.82 Å². The number of hydrogen-bond acceptors (Lipinski definition) is 5. The van der Waals surface area contributed by atoms with Crippen molar-refractivity contribution in [3.63, 3.8) is 0 Å². The zero-order chi connectivity index (χ0) is 28.6. The van der Waals surface area contributed by atoms with Crippen molar-refractivity contribution >= 4 is 15.8 Å². The molecule has 0 bridgehead atoms. The van der Waals surface area contributed by atoms with Crippen molar-refractivity contribution in [2.75, 3.05) is 26.0 Å². The first kappa shape index (κ1) is 30.1. The van der Waals surface area contributed by atoms with Crippen LogP contribution in [-0.4, -0.2) is 50.3 Å². The molecule has 0 amide bonds. The first-order valence-electron chi connectivity index (χ1n) is 12.1. The van der Waals surface area contributed by atoms with Gasteiger partial charge in [-0.3, -0.25) is 9.69 Å². The highest BCUT2D eigenvalue weighted by molar-refractivity contribution is 7.90. The van der Waals surface area contributed by atoms with Gasteiger partial charge in [-0.25, -0.2) is 12.8 Å². The molecule has 0 saturated carbocycles. The van der Waals surface area contributed by atoms with Gasteiger partial charge in [0.15, 0.2) is 9.84 Å². The van der Waals surface area contributed by atoms with Crippen LogP contribution in [-0.2, 0) is 40.2 Å². The highest BCUT2D eigenvalue weighted by atomic mass is 32.2. The topological polar surface area (TPSA) is 83.9 Å². The van der Waals surface area contributed by atoms with Gasteiger partial charge in [-0.2, -0.15) is 13.2 Å². The Morgan fingerprint density at radius 2 is 1.69 bits per heavy atom. The predicted molar refractivity (Wildman–Crippen MR) is 138 cm³/mol. The van der Waals surface area contributed by atoms with Gasteiger partial charge in [-0.1, -0.05) is 36.4 Å². The first-order chi connectivity index (χ1) is 18.3. The van der Waals surface area contributed by atoms with Crippen LogP contribution in [0.3, 0.4) is 0 Å². The molecule has 11 heteroatoms. The van der Waals surface area contributed by atoms with E-state index < -0.39 is 34.0 Å². The van der Waals surface area contributed by atoms with E-state index in [2.05, 4.69) is 0 Å². The fourth-order valence-electron chi connectivity index (χ4n) is 4.07. The summed E-state index contributed by atoms with van der Waals surface area (Å²) in [7, 11) is -3.69. The highest BCUT2D eigenvalue weighted by Gasteiger charge is 2.30. The number of hydrogen-bond donors (Lipinski definition) is 1. The second-order valence-electron chi connectivity index (χ2n) is 9.16. The van der Waals surface area contributed by atoms with E-state index in [4.69, 9.17) is 9.84 Å². The lowest BCUT2D eigenvalue weighted by Gasteiger charge is -2.23. The molecule has 3 rings (SSSR count). The average molecular weight is 568 g/mol. The number of ether oxygens (including phenoxy) is 1. The Labute approximate surface area is 224 Å². The molecule has 0 fully saturated rings. The van der Waals surface area contributed by atoms with Gasteiger partial charge < -0.3 is 9.84 Å². The number of halogens is 4. The Morgan fingerprint density at radius 1 is 0.974 bits per heavy atom. The quantitative estimate of drug-likeness (QED) is 0.220. The van der Waals surface area contributed by atoms with Gasteiger partial charge in [0.25, 0.3) is 0 Å². The lowest BCUT2D eigenvalue weighted by atomic mass is 10.1. The summed E-state index contributed by atoms with van der Waals surface area (Å²) in [6.07, 6.45) is -2.87. The molecule has 6 nitrogen and oxygen atoms in total. The molecular weight excluding hydrogens is 538 g/mol. The Balaban J connectivity index is 1.67. The predicted octanol–water partition coefficient (Wildman–Crippen LogP) is 5.39. The van der Waals surface area contributed by atoms with Crippen LogP contribution in [0.1, 0.15) is 28.7 Å². The molecule has 0 aliphatic heterocycles. The van der Waals surface area contributed by atoms with Crippen LogP contribution in [0.5, 0.6) is 5.75 Å². The zero-order valence-electron chi connectivity index (χ0n) is 21.2. The minimum absolute atomic E-state index is 0.118. The van der Waals surface area contributed by atoms with Crippen LogP contribution in [0.4, 0.5) is 17.6 Å². The van der Waals surface area contributed by atoms with E-state index in [9.17, 15) is 30.8 Å². The Bertz CT molecular complexity index is 1380. The highest BCUT2D eigenvalue weighted by Crippen LogP contribution is 2.30. The second kappa shape index (κ2) is 13.1. The van der Waals surface area contributed by atoms with Crippen molar-refractivity contribution in [3.8, 4) is 5.75 Å². The first-order valence-corrected chi connectivity index (χ1v) is 14.0. The van der Waals surface area contributed by atoms with Crippen LogP contribution in [0.2, 0.25) is 0 Å². The van der Waals surface area contributed by atoms with Crippen molar-refractivity contribution in [1.29, 1.82) is 0 Å². The van der Waals surface area contributed by atoms with E-state index in [1.54, 1.807) is 18.2 Å². The van der Waals surface area contributed by atoms with Crippen molar-refractivity contribution in [1.82, 2.24) is 4.90 Å². The minimum Gasteiger partial charge on any atom is -0.494 e. The van der Waals surface area contributed by atoms with Gasteiger partial charge in [0.05, 0.1) is 23.5 Å². The summed E-state index contributed by atoms with van der Waals surface area (Å²) >= 11 is 0. The van der Waals surface area contributed by atoms with Crippen LogP contribution in [0.25, 0.3) is 0 Å². The number of rotatable bonds is 13. The summed E-state index contributed by atoms with van der Waals surface area (Å²) in [6.45, 7) is 1.42. The zero-order valence-corrected chi connectivity index (χ0v) is 22.1. The third-order valence-corrected chi connectivity index (χ3v) is 7.14. The number of carboxylic acids is 1. The molecule has 0 radical (unpaired) electrons. The summed E-state index contributed by atoms with van der Waals surface area (Å²) in [4.78, 5) is 12.9. The molecule has 0 heterocycles. The molecule has 0 atom stereocenters. The largest absolute Gasteiger partial charge is 0.494 e. The maximum absolute atomic E-state index is 13.2. The molecule has 210 valence electrons. The molecule has 1 N–H and O–H groups in total. The van der Waals surface area contributed by atoms with Gasteiger partial charge in [-0.05, 0) is 59.9 Å². The number of alkyl halides is 3.